The van der Waals surface area contributed by atoms with Gasteiger partial charge in [0.25, 0.3) is 0 Å². The monoisotopic (exact) mass is 265 g/mol. The van der Waals surface area contributed by atoms with Crippen LogP contribution in [0.15, 0.2) is 18.2 Å². The summed E-state index contributed by atoms with van der Waals surface area (Å²) >= 11 is 1.82. The highest BCUT2D eigenvalue weighted by Crippen LogP contribution is 2.30. The Morgan fingerprint density at radius 2 is 2.17 bits per heavy atom. The van der Waals surface area contributed by atoms with E-state index in [0.717, 1.165) is 23.3 Å². The van der Waals surface area contributed by atoms with Gasteiger partial charge in [0.1, 0.15) is 11.3 Å². The second-order valence-corrected chi connectivity index (χ2v) is 6.36. The van der Waals surface area contributed by atoms with E-state index < -0.39 is 0 Å². The van der Waals surface area contributed by atoms with Crippen molar-refractivity contribution in [3.05, 3.63) is 18.2 Å². The molecule has 2 N–H and O–H groups in total. The largest absolute Gasteiger partial charge is 0.494 e. The SMILES string of the molecule is COc1cccc2c1nc(N)n2CC(C)(C)SC. The molecule has 0 amide bonds. The van der Waals surface area contributed by atoms with E-state index in [4.69, 9.17) is 10.5 Å². The van der Waals surface area contributed by atoms with Crippen LogP contribution in [0, 0.1) is 0 Å². The molecule has 0 radical (unpaired) electrons. The van der Waals surface area contributed by atoms with E-state index in [-0.39, 0.29) is 4.75 Å². The highest BCUT2D eigenvalue weighted by atomic mass is 32.2. The van der Waals surface area contributed by atoms with Gasteiger partial charge in [-0.2, -0.15) is 11.8 Å². The maximum absolute atomic E-state index is 6.03. The summed E-state index contributed by atoms with van der Waals surface area (Å²) < 4.78 is 7.48. The van der Waals surface area contributed by atoms with Crippen LogP contribution in [0.3, 0.4) is 0 Å². The maximum Gasteiger partial charge on any atom is 0.201 e. The standard InChI is InChI=1S/C13H19N3OS/c1-13(2,18-4)8-16-9-6-5-7-10(17-3)11(9)15-12(16)14/h5-7H,8H2,1-4H3,(H2,14,15). The van der Waals surface area contributed by atoms with Crippen LogP contribution in [0.5, 0.6) is 5.75 Å². The molecule has 2 rings (SSSR count). The number of thioether (sulfide) groups is 1. The Morgan fingerprint density at radius 3 is 2.78 bits per heavy atom. The van der Waals surface area contributed by atoms with Gasteiger partial charge in [0.15, 0.2) is 0 Å². The summed E-state index contributed by atoms with van der Waals surface area (Å²) in [6, 6.07) is 5.89. The van der Waals surface area contributed by atoms with Gasteiger partial charge in [-0.15, -0.1) is 0 Å². The van der Waals surface area contributed by atoms with Crippen molar-refractivity contribution in [1.82, 2.24) is 9.55 Å². The highest BCUT2D eigenvalue weighted by molar-refractivity contribution is 7.99. The van der Waals surface area contributed by atoms with Crippen LogP contribution in [0.25, 0.3) is 11.0 Å². The summed E-state index contributed by atoms with van der Waals surface area (Å²) in [5.41, 5.74) is 7.88. The third-order valence-corrected chi connectivity index (χ3v) is 4.32. The van der Waals surface area contributed by atoms with Crippen molar-refractivity contribution in [2.45, 2.75) is 25.1 Å². The van der Waals surface area contributed by atoms with Crippen molar-refractivity contribution < 1.29 is 4.74 Å². The normalized spacial score (nSPS) is 12.0. The number of nitrogen functional groups attached to an aromatic ring is 1. The van der Waals surface area contributed by atoms with Gasteiger partial charge in [-0.1, -0.05) is 6.07 Å². The molecule has 0 fully saturated rings. The number of hydrogen-bond acceptors (Lipinski definition) is 4. The van der Waals surface area contributed by atoms with Gasteiger partial charge in [0, 0.05) is 11.3 Å². The molecule has 0 saturated heterocycles. The summed E-state index contributed by atoms with van der Waals surface area (Å²) in [5, 5.41) is 0. The zero-order valence-electron chi connectivity index (χ0n) is 11.2. The molecule has 5 heteroatoms. The minimum atomic E-state index is 0.116. The first kappa shape index (κ1) is 13.1. The lowest BCUT2D eigenvalue weighted by molar-refractivity contribution is 0.419. The van der Waals surface area contributed by atoms with Crippen molar-refractivity contribution >= 4 is 28.7 Å². The van der Waals surface area contributed by atoms with Crippen LogP contribution in [0.2, 0.25) is 0 Å². The zero-order chi connectivity index (χ0) is 13.3. The second-order valence-electron chi connectivity index (χ2n) is 4.85. The summed E-state index contributed by atoms with van der Waals surface area (Å²) in [5.74, 6) is 1.30. The first-order valence-corrected chi connectivity index (χ1v) is 7.05. The summed E-state index contributed by atoms with van der Waals surface area (Å²) in [6.07, 6.45) is 2.11. The van der Waals surface area contributed by atoms with Gasteiger partial charge in [-0.25, -0.2) is 4.98 Å². The number of anilines is 1. The predicted octanol–water partition coefficient (Wildman–Crippen LogP) is 2.77. The molecule has 0 bridgehead atoms. The van der Waals surface area contributed by atoms with E-state index in [1.54, 1.807) is 7.11 Å². The molecule has 2 aromatic rings. The molecule has 98 valence electrons. The molecule has 0 saturated carbocycles. The van der Waals surface area contributed by atoms with E-state index >= 15 is 0 Å². The van der Waals surface area contributed by atoms with Gasteiger partial charge in [0.2, 0.25) is 5.95 Å². The van der Waals surface area contributed by atoms with Gasteiger partial charge in [0.05, 0.1) is 12.6 Å². The molecule has 0 spiro atoms. The first-order valence-electron chi connectivity index (χ1n) is 5.82. The third-order valence-electron chi connectivity index (χ3n) is 3.08. The fourth-order valence-electron chi connectivity index (χ4n) is 1.92. The summed E-state index contributed by atoms with van der Waals surface area (Å²) in [6.45, 7) is 5.22. The molecule has 0 aliphatic rings. The molecule has 1 heterocycles. The number of benzene rings is 1. The number of aromatic nitrogens is 2. The zero-order valence-corrected chi connectivity index (χ0v) is 12.0. The Morgan fingerprint density at radius 1 is 1.44 bits per heavy atom. The molecule has 0 aliphatic heterocycles. The number of hydrogen-bond donors (Lipinski definition) is 1. The average Bonchev–Trinajstić information content (AvgIpc) is 2.66. The quantitative estimate of drug-likeness (QED) is 0.923. The summed E-state index contributed by atoms with van der Waals surface area (Å²) in [4.78, 5) is 4.41. The van der Waals surface area contributed by atoms with Crippen LogP contribution in [-0.4, -0.2) is 27.7 Å². The van der Waals surface area contributed by atoms with E-state index in [2.05, 4.69) is 25.1 Å². The Hall–Kier alpha value is -1.36. The Bertz CT molecular complexity index is 563. The fraction of sp³-hybridized carbons (Fsp3) is 0.462. The highest BCUT2D eigenvalue weighted by Gasteiger charge is 2.21. The molecular formula is C13H19N3OS. The van der Waals surface area contributed by atoms with E-state index in [9.17, 15) is 0 Å². The van der Waals surface area contributed by atoms with Crippen molar-refractivity contribution in [2.75, 3.05) is 19.1 Å². The molecule has 4 nitrogen and oxygen atoms in total. The van der Waals surface area contributed by atoms with Crippen molar-refractivity contribution in [1.29, 1.82) is 0 Å². The van der Waals surface area contributed by atoms with Crippen molar-refractivity contribution in [3.8, 4) is 5.75 Å². The van der Waals surface area contributed by atoms with E-state index in [1.807, 2.05) is 34.5 Å². The fourth-order valence-corrected chi connectivity index (χ4v) is 2.17. The molecular weight excluding hydrogens is 246 g/mol. The van der Waals surface area contributed by atoms with Crippen LogP contribution in [-0.2, 0) is 6.54 Å². The van der Waals surface area contributed by atoms with Gasteiger partial charge in [-0.05, 0) is 32.2 Å². The molecule has 18 heavy (non-hydrogen) atoms. The van der Waals surface area contributed by atoms with Crippen LogP contribution >= 0.6 is 11.8 Å². The smallest absolute Gasteiger partial charge is 0.201 e. The molecule has 1 aromatic carbocycles. The Kier molecular flexibility index (Phi) is 3.43. The summed E-state index contributed by atoms with van der Waals surface area (Å²) in [7, 11) is 1.65. The lowest BCUT2D eigenvalue weighted by Gasteiger charge is -2.23. The lowest BCUT2D eigenvalue weighted by atomic mass is 10.2. The molecule has 1 aromatic heterocycles. The van der Waals surface area contributed by atoms with Crippen LogP contribution in [0.4, 0.5) is 5.95 Å². The topological polar surface area (TPSA) is 53.1 Å². The molecule has 0 atom stereocenters. The maximum atomic E-state index is 6.03. The number of rotatable bonds is 4. The number of ether oxygens (including phenoxy) is 1. The van der Waals surface area contributed by atoms with Gasteiger partial charge < -0.3 is 15.0 Å². The van der Waals surface area contributed by atoms with Crippen molar-refractivity contribution in [2.24, 2.45) is 0 Å². The molecule has 0 aliphatic carbocycles. The number of methoxy groups -OCH3 is 1. The third kappa shape index (κ3) is 2.27. The van der Waals surface area contributed by atoms with Crippen molar-refractivity contribution in [3.63, 3.8) is 0 Å². The number of nitrogens with zero attached hydrogens (tertiary/aromatic N) is 2. The first-order chi connectivity index (χ1) is 8.48. The van der Waals surface area contributed by atoms with Gasteiger partial charge in [-0.3, -0.25) is 0 Å². The lowest BCUT2D eigenvalue weighted by Crippen LogP contribution is -2.23. The number of fused-ring (bicyclic) bond motifs is 1. The molecule has 0 unspecified atom stereocenters. The Balaban J connectivity index is 2.54. The number of nitrogens with two attached hydrogens (primary N) is 1. The second kappa shape index (κ2) is 4.72. The van der Waals surface area contributed by atoms with Crippen LogP contribution in [0.1, 0.15) is 13.8 Å². The predicted molar refractivity (Wildman–Crippen MR) is 78.3 cm³/mol. The Labute approximate surface area is 112 Å². The van der Waals surface area contributed by atoms with E-state index in [1.165, 1.54) is 0 Å². The average molecular weight is 265 g/mol. The number of para-hydroxylation sites is 1. The number of imidazole rings is 1. The van der Waals surface area contributed by atoms with E-state index in [0.29, 0.717) is 5.95 Å². The minimum Gasteiger partial charge on any atom is -0.494 e. The van der Waals surface area contributed by atoms with Crippen LogP contribution < -0.4 is 10.5 Å². The minimum absolute atomic E-state index is 0.116. The van der Waals surface area contributed by atoms with Gasteiger partial charge >= 0.3 is 0 Å².